The van der Waals surface area contributed by atoms with E-state index in [2.05, 4.69) is 60.4 Å². The molecule has 0 saturated carbocycles. The average Bonchev–Trinajstić information content (AvgIpc) is 2.83. The van der Waals surface area contributed by atoms with Crippen molar-refractivity contribution in [1.82, 2.24) is 4.90 Å². The molecule has 0 radical (unpaired) electrons. The molecule has 0 bridgehead atoms. The van der Waals surface area contributed by atoms with Crippen molar-refractivity contribution < 1.29 is 13.2 Å². The van der Waals surface area contributed by atoms with Gasteiger partial charge in [0.1, 0.15) is 0 Å². The van der Waals surface area contributed by atoms with Gasteiger partial charge in [-0.1, -0.05) is 91.0 Å². The molecule has 1 nitrogen and oxygen atoms in total. The summed E-state index contributed by atoms with van der Waals surface area (Å²) >= 11 is 0. The van der Waals surface area contributed by atoms with Crippen LogP contribution in [0.25, 0.3) is 10.8 Å². The molecule has 4 rings (SSSR count). The van der Waals surface area contributed by atoms with Gasteiger partial charge in [-0.3, -0.25) is 4.90 Å². The lowest BCUT2D eigenvalue weighted by Gasteiger charge is -2.30. The summed E-state index contributed by atoms with van der Waals surface area (Å²) in [7, 11) is 0. The molecule has 0 heterocycles. The lowest BCUT2D eigenvalue weighted by molar-refractivity contribution is -0.137. The van der Waals surface area contributed by atoms with Crippen LogP contribution in [0.1, 0.15) is 41.6 Å². The number of rotatable bonds is 8. The van der Waals surface area contributed by atoms with E-state index in [1.165, 1.54) is 34.0 Å². The van der Waals surface area contributed by atoms with Crippen LogP contribution in [0.15, 0.2) is 97.1 Å². The molecule has 0 saturated heterocycles. The number of alkyl halides is 3. The summed E-state index contributed by atoms with van der Waals surface area (Å²) in [5.41, 5.74) is 2.64. The van der Waals surface area contributed by atoms with Crippen LogP contribution in [-0.2, 0) is 19.1 Å². The fraction of sp³-hybridized carbons (Fsp3) is 0.241. The Kier molecular flexibility index (Phi) is 7.14. The molecule has 0 spiro atoms. The molecule has 1 unspecified atom stereocenters. The van der Waals surface area contributed by atoms with E-state index in [-0.39, 0.29) is 6.04 Å². The fourth-order valence-electron chi connectivity index (χ4n) is 4.43. The van der Waals surface area contributed by atoms with Crippen LogP contribution >= 0.6 is 0 Å². The lowest BCUT2D eigenvalue weighted by Crippen LogP contribution is -2.28. The second-order valence-electron chi connectivity index (χ2n) is 8.50. The van der Waals surface area contributed by atoms with Crippen molar-refractivity contribution in [3.8, 4) is 0 Å². The van der Waals surface area contributed by atoms with Crippen LogP contribution in [0.4, 0.5) is 13.2 Å². The molecule has 4 aromatic carbocycles. The predicted molar refractivity (Wildman–Crippen MR) is 129 cm³/mol. The monoisotopic (exact) mass is 447 g/mol. The van der Waals surface area contributed by atoms with Crippen LogP contribution in [0.3, 0.4) is 0 Å². The van der Waals surface area contributed by atoms with E-state index in [0.717, 1.165) is 31.1 Å². The third-order valence-corrected chi connectivity index (χ3v) is 6.21. The number of nitrogens with zero attached hydrogens (tertiary/aromatic N) is 1. The Morgan fingerprint density at radius 2 is 1.42 bits per heavy atom. The molecule has 0 aliphatic heterocycles. The molecule has 33 heavy (non-hydrogen) atoms. The second-order valence-corrected chi connectivity index (χ2v) is 8.50. The molecule has 170 valence electrons. The summed E-state index contributed by atoms with van der Waals surface area (Å²) < 4.78 is 39.2. The largest absolute Gasteiger partial charge is 0.416 e. The zero-order valence-corrected chi connectivity index (χ0v) is 18.7. The average molecular weight is 448 g/mol. The van der Waals surface area contributed by atoms with Crippen LogP contribution < -0.4 is 0 Å². The van der Waals surface area contributed by atoms with E-state index in [9.17, 15) is 13.2 Å². The number of benzene rings is 4. The van der Waals surface area contributed by atoms with Gasteiger partial charge in [-0.2, -0.15) is 13.2 Å². The molecule has 4 aromatic rings. The van der Waals surface area contributed by atoms with Crippen LogP contribution in [-0.4, -0.2) is 11.4 Å². The third-order valence-electron chi connectivity index (χ3n) is 6.21. The topological polar surface area (TPSA) is 3.24 Å². The van der Waals surface area contributed by atoms with Gasteiger partial charge in [-0.05, 0) is 59.8 Å². The highest BCUT2D eigenvalue weighted by molar-refractivity contribution is 5.86. The first-order valence-electron chi connectivity index (χ1n) is 11.3. The normalized spacial score (nSPS) is 12.9. The first-order chi connectivity index (χ1) is 15.9. The van der Waals surface area contributed by atoms with Gasteiger partial charge in [0.05, 0.1) is 5.56 Å². The molecule has 4 heteroatoms. The van der Waals surface area contributed by atoms with Crippen molar-refractivity contribution in [1.29, 1.82) is 0 Å². The summed E-state index contributed by atoms with van der Waals surface area (Å²) in [6, 6.07) is 31.0. The van der Waals surface area contributed by atoms with Gasteiger partial charge in [-0.15, -0.1) is 0 Å². The number of halogens is 3. The van der Waals surface area contributed by atoms with Crippen molar-refractivity contribution in [2.75, 3.05) is 6.54 Å². The summed E-state index contributed by atoms with van der Waals surface area (Å²) in [6.45, 7) is 3.79. The van der Waals surface area contributed by atoms with E-state index < -0.39 is 11.7 Å². The smallest absolute Gasteiger partial charge is 0.292 e. The Labute approximate surface area is 193 Å². The second kappa shape index (κ2) is 10.2. The van der Waals surface area contributed by atoms with Gasteiger partial charge < -0.3 is 0 Å². The molecule has 0 aliphatic carbocycles. The zero-order valence-electron chi connectivity index (χ0n) is 18.7. The fourth-order valence-corrected chi connectivity index (χ4v) is 4.43. The highest BCUT2D eigenvalue weighted by Gasteiger charge is 2.30. The number of hydrogen-bond donors (Lipinski definition) is 0. The van der Waals surface area contributed by atoms with Gasteiger partial charge in [0.2, 0.25) is 0 Å². The van der Waals surface area contributed by atoms with Crippen molar-refractivity contribution in [3.05, 3.63) is 119 Å². The first kappa shape index (κ1) is 23.1. The molecule has 1 atom stereocenters. The van der Waals surface area contributed by atoms with E-state index in [1.54, 1.807) is 6.07 Å². The highest BCUT2D eigenvalue weighted by Crippen LogP contribution is 2.31. The van der Waals surface area contributed by atoms with Gasteiger partial charge in [-0.25, -0.2) is 0 Å². The van der Waals surface area contributed by atoms with Crippen molar-refractivity contribution in [2.45, 2.75) is 38.5 Å². The van der Waals surface area contributed by atoms with Crippen molar-refractivity contribution in [2.24, 2.45) is 0 Å². The summed E-state index contributed by atoms with van der Waals surface area (Å²) in [5, 5.41) is 2.45. The van der Waals surface area contributed by atoms with Crippen LogP contribution in [0, 0.1) is 0 Å². The van der Waals surface area contributed by atoms with E-state index in [4.69, 9.17) is 0 Å². The quantitative estimate of drug-likeness (QED) is 0.264. The number of fused-ring (bicyclic) bond motifs is 1. The number of aryl methyl sites for hydroxylation is 1. The lowest BCUT2D eigenvalue weighted by atomic mass is 9.97. The van der Waals surface area contributed by atoms with Gasteiger partial charge >= 0.3 is 6.18 Å². The Morgan fingerprint density at radius 1 is 0.758 bits per heavy atom. The summed E-state index contributed by atoms with van der Waals surface area (Å²) in [6.07, 6.45) is -2.92. The maximum absolute atomic E-state index is 13.1. The molecular weight excluding hydrogens is 419 g/mol. The predicted octanol–water partition coefficient (Wildman–Crippen LogP) is 8.05. The van der Waals surface area contributed by atoms with E-state index in [1.807, 2.05) is 24.3 Å². The Balaban J connectivity index is 1.54. The number of hydrogen-bond acceptors (Lipinski definition) is 1. The standard InChI is InChI=1S/C29H28F3N/c1-22(27-18-8-15-25-14-5-6-17-28(25)27)33(21-24-10-3-2-4-11-24)19-9-13-23-12-7-16-26(20-23)29(30,31)32/h2-8,10-12,14-18,20,22H,9,13,19,21H2,1H3. The summed E-state index contributed by atoms with van der Waals surface area (Å²) in [4.78, 5) is 2.42. The minimum atomic E-state index is -4.31. The molecular formula is C29H28F3N. The molecule has 0 aromatic heterocycles. The van der Waals surface area contributed by atoms with Gasteiger partial charge in [0, 0.05) is 12.6 Å². The maximum Gasteiger partial charge on any atom is 0.416 e. The van der Waals surface area contributed by atoms with Crippen molar-refractivity contribution >= 4 is 10.8 Å². The first-order valence-corrected chi connectivity index (χ1v) is 11.3. The zero-order chi connectivity index (χ0) is 23.3. The highest BCUT2D eigenvalue weighted by atomic mass is 19.4. The van der Waals surface area contributed by atoms with Gasteiger partial charge in [0.15, 0.2) is 0 Å². The van der Waals surface area contributed by atoms with E-state index >= 15 is 0 Å². The summed E-state index contributed by atoms with van der Waals surface area (Å²) in [5.74, 6) is 0. The minimum absolute atomic E-state index is 0.165. The molecule has 0 N–H and O–H groups in total. The molecule has 0 fully saturated rings. The van der Waals surface area contributed by atoms with Crippen LogP contribution in [0.2, 0.25) is 0 Å². The van der Waals surface area contributed by atoms with E-state index in [0.29, 0.717) is 6.42 Å². The molecule has 0 amide bonds. The maximum atomic E-state index is 13.1. The third kappa shape index (κ3) is 5.82. The SMILES string of the molecule is CC(c1cccc2ccccc12)N(CCCc1cccc(C(F)(F)F)c1)Cc1ccccc1. The minimum Gasteiger partial charge on any atom is -0.292 e. The Morgan fingerprint density at radius 3 is 2.21 bits per heavy atom. The van der Waals surface area contributed by atoms with Gasteiger partial charge in [0.25, 0.3) is 0 Å². The Hall–Kier alpha value is -3.11. The van der Waals surface area contributed by atoms with Crippen LogP contribution in [0.5, 0.6) is 0 Å². The Bertz CT molecular complexity index is 1180. The molecule has 0 aliphatic rings. The van der Waals surface area contributed by atoms with Crippen molar-refractivity contribution in [3.63, 3.8) is 0 Å².